The van der Waals surface area contributed by atoms with Gasteiger partial charge in [-0.3, -0.25) is 0 Å². The van der Waals surface area contributed by atoms with E-state index in [9.17, 15) is 0 Å². The van der Waals surface area contributed by atoms with Gasteiger partial charge in [-0.2, -0.15) is 0 Å². The molecule has 0 fully saturated rings. The number of anilines is 1. The van der Waals surface area contributed by atoms with E-state index in [1.54, 1.807) is 0 Å². The number of allylic oxidation sites excluding steroid dienone is 2. The van der Waals surface area contributed by atoms with Crippen molar-refractivity contribution in [3.05, 3.63) is 95.9 Å². The molecular weight excluding hydrogens is 534 g/mol. The highest BCUT2D eigenvalue weighted by molar-refractivity contribution is 5.68. The van der Waals surface area contributed by atoms with Crippen molar-refractivity contribution >= 4 is 11.3 Å². The third kappa shape index (κ3) is 24.3. The zero-order valence-corrected chi connectivity index (χ0v) is 30.6. The van der Waals surface area contributed by atoms with Crippen molar-refractivity contribution in [1.29, 1.82) is 0 Å². The maximum atomic E-state index is 5.46. The molecule has 1 N–H and O–H groups in total. The van der Waals surface area contributed by atoms with Crippen molar-refractivity contribution in [1.82, 2.24) is 0 Å². The second kappa shape index (κ2) is 32.7. The van der Waals surface area contributed by atoms with Crippen molar-refractivity contribution in [2.75, 3.05) is 11.9 Å². The molecule has 2 aromatic carbocycles. The first-order valence-corrected chi connectivity index (χ1v) is 17.2. The van der Waals surface area contributed by atoms with Crippen molar-refractivity contribution in [3.8, 4) is 12.3 Å². The molecular formula is C42H69NO. The van der Waals surface area contributed by atoms with E-state index in [2.05, 4.69) is 105 Å². The van der Waals surface area contributed by atoms with Crippen molar-refractivity contribution in [2.24, 2.45) is 0 Å². The minimum atomic E-state index is 0.612. The number of benzene rings is 2. The van der Waals surface area contributed by atoms with Gasteiger partial charge in [0.2, 0.25) is 0 Å². The lowest BCUT2D eigenvalue weighted by atomic mass is 9.94. The van der Waals surface area contributed by atoms with Crippen LogP contribution in [0.25, 0.3) is 5.57 Å². The lowest BCUT2D eigenvalue weighted by Crippen LogP contribution is -2.04. The summed E-state index contributed by atoms with van der Waals surface area (Å²) in [5, 5.41) is 3.13. The van der Waals surface area contributed by atoms with Gasteiger partial charge >= 0.3 is 0 Å². The number of hydrogen-bond donors (Lipinski definition) is 1. The molecule has 0 radical (unpaired) electrons. The number of hydrogen-bond acceptors (Lipinski definition) is 2. The molecule has 0 aliphatic heterocycles. The fourth-order valence-electron chi connectivity index (χ4n) is 3.98. The molecule has 0 aliphatic carbocycles. The Morgan fingerprint density at radius 1 is 0.795 bits per heavy atom. The summed E-state index contributed by atoms with van der Waals surface area (Å²) in [5.41, 5.74) is 8.06. The Kier molecular flexibility index (Phi) is 33.7. The molecule has 0 aromatic heterocycles. The highest BCUT2D eigenvalue weighted by Crippen LogP contribution is 2.24. The Hall–Kier alpha value is -3.18. The fraction of sp³-hybridized carbons (Fsp3) is 0.524. The molecule has 0 spiro atoms. The third-order valence-electron chi connectivity index (χ3n) is 6.55. The Labute approximate surface area is 275 Å². The van der Waals surface area contributed by atoms with Crippen molar-refractivity contribution < 1.29 is 4.74 Å². The van der Waals surface area contributed by atoms with Crippen LogP contribution in [0.2, 0.25) is 0 Å². The van der Waals surface area contributed by atoms with E-state index in [0.717, 1.165) is 36.9 Å². The molecule has 44 heavy (non-hydrogen) atoms. The summed E-state index contributed by atoms with van der Waals surface area (Å²) in [6.45, 7) is 33.1. The van der Waals surface area contributed by atoms with Gasteiger partial charge in [0.15, 0.2) is 5.88 Å². The highest BCUT2D eigenvalue weighted by Gasteiger charge is 2.05. The summed E-state index contributed by atoms with van der Waals surface area (Å²) in [5.74, 6) is 3.33. The van der Waals surface area contributed by atoms with Gasteiger partial charge in [-0.25, -0.2) is 0 Å². The largest absolute Gasteiger partial charge is 0.479 e. The van der Waals surface area contributed by atoms with Crippen LogP contribution < -0.4 is 5.32 Å². The van der Waals surface area contributed by atoms with E-state index in [0.29, 0.717) is 12.5 Å². The second-order valence-electron chi connectivity index (χ2n) is 10.7. The number of rotatable bonds is 15. The molecule has 2 heteroatoms. The SMILES string of the molecule is C#Cc1cc(C(=C)CCC)c(C)cc1C.C=C(Nc1ccccc1C)OCCC.C=CCC.CC.CCCCCCCCC. The first kappa shape index (κ1) is 45.3. The van der Waals surface area contributed by atoms with E-state index in [-0.39, 0.29) is 0 Å². The fourth-order valence-corrected chi connectivity index (χ4v) is 3.98. The van der Waals surface area contributed by atoms with Crippen LogP contribution >= 0.6 is 0 Å². The third-order valence-corrected chi connectivity index (χ3v) is 6.55. The highest BCUT2D eigenvalue weighted by atomic mass is 16.5. The van der Waals surface area contributed by atoms with Gasteiger partial charge in [0.05, 0.1) is 6.61 Å². The first-order valence-electron chi connectivity index (χ1n) is 17.2. The van der Waals surface area contributed by atoms with Crippen LogP contribution in [0.3, 0.4) is 0 Å². The monoisotopic (exact) mass is 604 g/mol. The second-order valence-corrected chi connectivity index (χ2v) is 10.7. The molecule has 0 heterocycles. The van der Waals surface area contributed by atoms with Crippen LogP contribution in [0, 0.1) is 33.1 Å². The standard InChI is InChI=1S/C15H18.C12H17NO.C9H20.C4H8.C2H6/c1-6-8-11(3)15-10-14(7-2)12(4)9-13(15)5;1-4-9-14-11(3)13-12-8-6-5-7-10(12)2;1-3-5-7-9-8-6-4-2;1-3-4-2;1-2/h2,9-10H,3,6,8H2,1,4-5H3;5-8,13H,3-4,9H2,1-2H3;3-9H2,1-2H3;3H,1,4H2,2H3;1-2H3. The quantitative estimate of drug-likeness (QED) is 0.0946. The number of nitrogens with one attached hydrogen (secondary N) is 1. The average molecular weight is 604 g/mol. The van der Waals surface area contributed by atoms with E-state index in [1.807, 2.05) is 38.1 Å². The van der Waals surface area contributed by atoms with Crippen LogP contribution in [0.4, 0.5) is 5.69 Å². The number of aryl methyl sites for hydroxylation is 3. The maximum absolute atomic E-state index is 5.46. The predicted molar refractivity (Wildman–Crippen MR) is 203 cm³/mol. The summed E-state index contributed by atoms with van der Waals surface area (Å²) in [6.07, 6.45) is 21.5. The number of terminal acetylenes is 1. The van der Waals surface area contributed by atoms with E-state index >= 15 is 0 Å². The maximum Gasteiger partial charge on any atom is 0.183 e. The molecule has 0 amide bonds. The molecule has 2 nitrogen and oxygen atoms in total. The van der Waals surface area contributed by atoms with Gasteiger partial charge in [0.25, 0.3) is 0 Å². The van der Waals surface area contributed by atoms with Gasteiger partial charge in [0.1, 0.15) is 0 Å². The molecule has 2 rings (SSSR count). The average Bonchev–Trinajstić information content (AvgIpc) is 3.03. The lowest BCUT2D eigenvalue weighted by molar-refractivity contribution is 0.219. The number of para-hydroxylation sites is 1. The molecule has 0 unspecified atom stereocenters. The van der Waals surface area contributed by atoms with Gasteiger partial charge in [-0.15, -0.1) is 13.0 Å². The lowest BCUT2D eigenvalue weighted by Gasteiger charge is -2.12. The summed E-state index contributed by atoms with van der Waals surface area (Å²) in [6, 6.07) is 12.3. The number of ether oxygens (including phenoxy) is 1. The van der Waals surface area contributed by atoms with Crippen molar-refractivity contribution in [2.45, 2.75) is 140 Å². The van der Waals surface area contributed by atoms with Gasteiger partial charge in [-0.1, -0.05) is 143 Å². The Balaban J connectivity index is -0.000000538. The minimum Gasteiger partial charge on any atom is -0.479 e. The number of unbranched alkanes of at least 4 members (excludes halogenated alkanes) is 6. The first-order chi connectivity index (χ1) is 21.2. The molecule has 2 aromatic rings. The Morgan fingerprint density at radius 3 is 1.80 bits per heavy atom. The molecule has 0 saturated carbocycles. The summed E-state index contributed by atoms with van der Waals surface area (Å²) < 4.78 is 5.34. The molecule has 0 bridgehead atoms. The van der Waals surface area contributed by atoms with Crippen LogP contribution in [-0.4, -0.2) is 6.61 Å². The zero-order valence-electron chi connectivity index (χ0n) is 30.6. The molecule has 248 valence electrons. The minimum absolute atomic E-state index is 0.612. The van der Waals surface area contributed by atoms with Crippen molar-refractivity contribution in [3.63, 3.8) is 0 Å². The molecule has 0 atom stereocenters. The molecule has 0 aliphatic rings. The molecule has 0 saturated heterocycles. The predicted octanol–water partition coefficient (Wildman–Crippen LogP) is 13.8. The topological polar surface area (TPSA) is 21.3 Å². The summed E-state index contributed by atoms with van der Waals surface area (Å²) in [4.78, 5) is 0. The zero-order chi connectivity index (χ0) is 34.2. The van der Waals surface area contributed by atoms with Gasteiger partial charge < -0.3 is 10.1 Å². The van der Waals surface area contributed by atoms with E-state index in [1.165, 1.54) is 72.8 Å². The van der Waals surface area contributed by atoms with E-state index in [4.69, 9.17) is 11.2 Å². The van der Waals surface area contributed by atoms with Gasteiger partial charge in [-0.05, 0) is 86.6 Å². The van der Waals surface area contributed by atoms with Crippen LogP contribution in [0.15, 0.2) is 68.1 Å². The smallest absolute Gasteiger partial charge is 0.183 e. The van der Waals surface area contributed by atoms with E-state index < -0.39 is 0 Å². The summed E-state index contributed by atoms with van der Waals surface area (Å²) in [7, 11) is 0. The van der Waals surface area contributed by atoms with Crippen LogP contribution in [-0.2, 0) is 4.74 Å². The van der Waals surface area contributed by atoms with Gasteiger partial charge in [0, 0.05) is 11.3 Å². The summed E-state index contributed by atoms with van der Waals surface area (Å²) >= 11 is 0. The normalized spacial score (nSPS) is 9.11. The van der Waals surface area contributed by atoms with Crippen LogP contribution in [0.5, 0.6) is 0 Å². The van der Waals surface area contributed by atoms with Crippen LogP contribution in [0.1, 0.15) is 147 Å². The Bertz CT molecular complexity index is 1030. The Morgan fingerprint density at radius 2 is 1.34 bits per heavy atom.